The smallest absolute Gasteiger partial charge is 0.337 e. The maximum Gasteiger partial charge on any atom is 0.337 e. The van der Waals surface area contributed by atoms with Crippen molar-refractivity contribution in [3.63, 3.8) is 0 Å². The Morgan fingerprint density at radius 2 is 2.12 bits per heavy atom. The Hall–Kier alpha value is -1.55. The SMILES string of the molecule is CC1CC1C(=O)Nc1cc(Cl)ccc1C(=O)O. The van der Waals surface area contributed by atoms with Crippen molar-refractivity contribution in [3.05, 3.63) is 28.8 Å². The van der Waals surface area contributed by atoms with Gasteiger partial charge in [0.15, 0.2) is 0 Å². The predicted molar refractivity (Wildman–Crippen MR) is 64.3 cm³/mol. The molecule has 1 amide bonds. The number of carboxylic acid groups (broad SMARTS) is 1. The van der Waals surface area contributed by atoms with Gasteiger partial charge in [-0.3, -0.25) is 4.79 Å². The van der Waals surface area contributed by atoms with Crippen molar-refractivity contribution in [2.45, 2.75) is 13.3 Å². The van der Waals surface area contributed by atoms with Gasteiger partial charge in [0.05, 0.1) is 11.3 Å². The summed E-state index contributed by atoms with van der Waals surface area (Å²) < 4.78 is 0. The van der Waals surface area contributed by atoms with Crippen molar-refractivity contribution in [2.24, 2.45) is 11.8 Å². The van der Waals surface area contributed by atoms with E-state index < -0.39 is 5.97 Å². The molecule has 17 heavy (non-hydrogen) atoms. The number of halogens is 1. The molecule has 0 aliphatic heterocycles. The van der Waals surface area contributed by atoms with Crippen LogP contribution in [0.2, 0.25) is 5.02 Å². The molecule has 1 aliphatic rings. The molecule has 90 valence electrons. The number of carbonyl (C=O) groups is 2. The topological polar surface area (TPSA) is 66.4 Å². The van der Waals surface area contributed by atoms with Gasteiger partial charge in [0.2, 0.25) is 5.91 Å². The van der Waals surface area contributed by atoms with Crippen LogP contribution in [-0.4, -0.2) is 17.0 Å². The second-order valence-electron chi connectivity index (χ2n) is 4.30. The molecule has 2 unspecified atom stereocenters. The zero-order chi connectivity index (χ0) is 12.6. The number of carboxylic acids is 1. The molecule has 1 aromatic carbocycles. The minimum Gasteiger partial charge on any atom is -0.478 e. The average Bonchev–Trinajstić information content (AvgIpc) is 2.95. The van der Waals surface area contributed by atoms with E-state index in [1.807, 2.05) is 6.92 Å². The highest BCUT2D eigenvalue weighted by atomic mass is 35.5. The van der Waals surface area contributed by atoms with Gasteiger partial charge in [0.1, 0.15) is 0 Å². The molecule has 1 fully saturated rings. The predicted octanol–water partition coefficient (Wildman–Crippen LogP) is 2.63. The maximum atomic E-state index is 11.7. The van der Waals surface area contributed by atoms with Gasteiger partial charge in [-0.05, 0) is 30.5 Å². The average molecular weight is 254 g/mol. The molecule has 2 rings (SSSR count). The van der Waals surface area contributed by atoms with E-state index in [0.717, 1.165) is 6.42 Å². The fourth-order valence-electron chi connectivity index (χ4n) is 1.72. The quantitative estimate of drug-likeness (QED) is 0.870. The minimum atomic E-state index is -1.08. The summed E-state index contributed by atoms with van der Waals surface area (Å²) in [6.07, 6.45) is 0.856. The number of amides is 1. The Morgan fingerprint density at radius 1 is 1.47 bits per heavy atom. The lowest BCUT2D eigenvalue weighted by Crippen LogP contribution is -2.16. The van der Waals surface area contributed by atoms with Crippen LogP contribution in [-0.2, 0) is 4.79 Å². The largest absolute Gasteiger partial charge is 0.478 e. The standard InChI is InChI=1S/C12H12ClNO3/c1-6-4-9(6)11(15)14-10-5-7(13)2-3-8(10)12(16)17/h2-3,5-6,9H,4H2,1H3,(H,14,15)(H,16,17). The third-order valence-electron chi connectivity index (χ3n) is 2.92. The Kier molecular flexibility index (Phi) is 3.07. The van der Waals surface area contributed by atoms with E-state index in [9.17, 15) is 9.59 Å². The summed E-state index contributed by atoms with van der Waals surface area (Å²) in [6.45, 7) is 1.99. The molecule has 1 saturated carbocycles. The molecule has 0 aromatic heterocycles. The van der Waals surface area contributed by atoms with Crippen molar-refractivity contribution in [1.29, 1.82) is 0 Å². The summed E-state index contributed by atoms with van der Waals surface area (Å²) in [6, 6.07) is 4.33. The number of anilines is 1. The number of hydrogen-bond donors (Lipinski definition) is 2. The summed E-state index contributed by atoms with van der Waals surface area (Å²) in [5.74, 6) is -0.846. The molecule has 0 bridgehead atoms. The van der Waals surface area contributed by atoms with Crippen LogP contribution in [0.5, 0.6) is 0 Å². The molecule has 2 N–H and O–H groups in total. The first-order valence-corrected chi connectivity index (χ1v) is 5.70. The van der Waals surface area contributed by atoms with E-state index in [-0.39, 0.29) is 23.1 Å². The first kappa shape index (κ1) is 11.9. The monoisotopic (exact) mass is 253 g/mol. The number of aromatic carboxylic acids is 1. The van der Waals surface area contributed by atoms with Gasteiger partial charge >= 0.3 is 5.97 Å². The molecule has 2 atom stereocenters. The fourth-order valence-corrected chi connectivity index (χ4v) is 1.89. The van der Waals surface area contributed by atoms with E-state index in [1.165, 1.54) is 18.2 Å². The molecule has 0 spiro atoms. The van der Waals surface area contributed by atoms with Gasteiger partial charge in [-0.15, -0.1) is 0 Å². The zero-order valence-electron chi connectivity index (χ0n) is 9.24. The molecule has 5 heteroatoms. The van der Waals surface area contributed by atoms with Gasteiger partial charge in [-0.2, -0.15) is 0 Å². The third-order valence-corrected chi connectivity index (χ3v) is 3.15. The summed E-state index contributed by atoms with van der Waals surface area (Å²) in [7, 11) is 0. The normalized spacial score (nSPS) is 22.0. The molecular formula is C12H12ClNO3. The lowest BCUT2D eigenvalue weighted by atomic mass is 10.1. The van der Waals surface area contributed by atoms with Crippen molar-refractivity contribution >= 4 is 29.2 Å². The molecule has 0 saturated heterocycles. The van der Waals surface area contributed by atoms with Gasteiger partial charge < -0.3 is 10.4 Å². The van der Waals surface area contributed by atoms with Crippen molar-refractivity contribution in [3.8, 4) is 0 Å². The molecular weight excluding hydrogens is 242 g/mol. The van der Waals surface area contributed by atoms with Gasteiger partial charge in [0, 0.05) is 10.9 Å². The Labute approximate surface area is 104 Å². The number of nitrogens with one attached hydrogen (secondary N) is 1. The van der Waals surface area contributed by atoms with E-state index in [2.05, 4.69) is 5.32 Å². The van der Waals surface area contributed by atoms with E-state index in [1.54, 1.807) is 0 Å². The number of rotatable bonds is 3. The summed E-state index contributed by atoms with van der Waals surface area (Å²) in [5, 5.41) is 12.0. The second kappa shape index (κ2) is 4.37. The Balaban J connectivity index is 2.21. The highest BCUT2D eigenvalue weighted by Crippen LogP contribution is 2.38. The Bertz CT molecular complexity index is 487. The number of benzene rings is 1. The van der Waals surface area contributed by atoms with Crippen LogP contribution in [0.25, 0.3) is 0 Å². The lowest BCUT2D eigenvalue weighted by Gasteiger charge is -2.08. The zero-order valence-corrected chi connectivity index (χ0v) is 9.99. The van der Waals surface area contributed by atoms with Gasteiger partial charge in [-0.1, -0.05) is 18.5 Å². The van der Waals surface area contributed by atoms with Crippen LogP contribution in [0, 0.1) is 11.8 Å². The highest BCUT2D eigenvalue weighted by Gasteiger charge is 2.39. The summed E-state index contributed by atoms with van der Waals surface area (Å²) >= 11 is 5.78. The number of carbonyl (C=O) groups excluding carboxylic acids is 1. The van der Waals surface area contributed by atoms with E-state index in [0.29, 0.717) is 10.9 Å². The molecule has 1 aliphatic carbocycles. The van der Waals surface area contributed by atoms with Crippen LogP contribution in [0.1, 0.15) is 23.7 Å². The van der Waals surface area contributed by atoms with Gasteiger partial charge in [-0.25, -0.2) is 4.79 Å². The third kappa shape index (κ3) is 2.58. The van der Waals surface area contributed by atoms with Crippen molar-refractivity contribution < 1.29 is 14.7 Å². The molecule has 1 aromatic rings. The maximum absolute atomic E-state index is 11.7. The van der Waals surface area contributed by atoms with Crippen molar-refractivity contribution in [2.75, 3.05) is 5.32 Å². The van der Waals surface area contributed by atoms with Gasteiger partial charge in [0.25, 0.3) is 0 Å². The Morgan fingerprint density at radius 3 is 2.65 bits per heavy atom. The number of hydrogen-bond acceptors (Lipinski definition) is 2. The van der Waals surface area contributed by atoms with Crippen LogP contribution >= 0.6 is 11.6 Å². The second-order valence-corrected chi connectivity index (χ2v) is 4.74. The minimum absolute atomic E-state index is 0.00405. The molecule has 4 nitrogen and oxygen atoms in total. The van der Waals surface area contributed by atoms with Crippen LogP contribution in [0.3, 0.4) is 0 Å². The molecule has 0 radical (unpaired) electrons. The van der Waals surface area contributed by atoms with E-state index in [4.69, 9.17) is 16.7 Å². The highest BCUT2D eigenvalue weighted by molar-refractivity contribution is 6.31. The van der Waals surface area contributed by atoms with Crippen LogP contribution < -0.4 is 5.32 Å². The summed E-state index contributed by atoms with van der Waals surface area (Å²) in [4.78, 5) is 22.7. The van der Waals surface area contributed by atoms with E-state index >= 15 is 0 Å². The first-order chi connectivity index (χ1) is 7.99. The lowest BCUT2D eigenvalue weighted by molar-refractivity contribution is -0.117. The summed E-state index contributed by atoms with van der Waals surface area (Å²) in [5.41, 5.74) is 0.310. The first-order valence-electron chi connectivity index (χ1n) is 5.32. The molecule has 0 heterocycles. The van der Waals surface area contributed by atoms with Crippen molar-refractivity contribution in [1.82, 2.24) is 0 Å². The van der Waals surface area contributed by atoms with Crippen LogP contribution in [0.15, 0.2) is 18.2 Å². The fraction of sp³-hybridized carbons (Fsp3) is 0.333. The van der Waals surface area contributed by atoms with Crippen LogP contribution in [0.4, 0.5) is 5.69 Å².